The minimum absolute atomic E-state index is 0.0399. The molecule has 0 bridgehead atoms. The van der Waals surface area contributed by atoms with Crippen molar-refractivity contribution in [2.45, 2.75) is 44.8 Å². The average molecular weight is 776 g/mol. The van der Waals surface area contributed by atoms with Gasteiger partial charge in [0.25, 0.3) is 5.91 Å². The van der Waals surface area contributed by atoms with Crippen LogP contribution in [0.25, 0.3) is 43.3 Å². The van der Waals surface area contributed by atoms with Crippen LogP contribution in [0.15, 0.2) is 71.5 Å². The van der Waals surface area contributed by atoms with Gasteiger partial charge in [-0.3, -0.25) is 33.6 Å². The molecule has 3 aromatic heterocycles. The van der Waals surface area contributed by atoms with E-state index in [9.17, 15) is 24.0 Å². The van der Waals surface area contributed by atoms with Crippen LogP contribution in [-0.4, -0.2) is 76.8 Å². The Morgan fingerprint density at radius 3 is 2.57 bits per heavy atom. The molecular formula is C41H41N7O7S. The van der Waals surface area contributed by atoms with Gasteiger partial charge in [0.15, 0.2) is 0 Å². The smallest absolute Gasteiger partial charge is 0.329 e. The largest absolute Gasteiger partial charge is 0.381 e. The highest BCUT2D eigenvalue weighted by atomic mass is 32.1. The molecule has 4 N–H and O–H groups in total. The molecule has 15 heteroatoms. The Labute approximate surface area is 325 Å². The van der Waals surface area contributed by atoms with Crippen LogP contribution in [0.2, 0.25) is 0 Å². The number of pyridine rings is 1. The number of nitrogens with one attached hydrogen (secondary N) is 4. The lowest BCUT2D eigenvalue weighted by atomic mass is 10.0. The highest BCUT2D eigenvalue weighted by Gasteiger charge is 2.31. The molecule has 0 radical (unpaired) electrons. The van der Waals surface area contributed by atoms with E-state index < -0.39 is 11.9 Å². The third-order valence-electron chi connectivity index (χ3n) is 10.2. The molecule has 6 aromatic rings. The lowest BCUT2D eigenvalue weighted by molar-refractivity contribution is -0.135. The van der Waals surface area contributed by atoms with Crippen molar-refractivity contribution in [2.24, 2.45) is 7.05 Å². The number of nitrogens with zero attached hydrogens (tertiary/aromatic N) is 3. The summed E-state index contributed by atoms with van der Waals surface area (Å²) in [5.41, 5.74) is 6.45. The summed E-state index contributed by atoms with van der Waals surface area (Å²) in [6.07, 6.45) is 1.07. The molecule has 0 spiro atoms. The lowest BCUT2D eigenvalue weighted by Gasteiger charge is -2.21. The first kappa shape index (κ1) is 37.0. The molecule has 8 rings (SSSR count). The molecular weight excluding hydrogens is 735 g/mol. The Morgan fingerprint density at radius 2 is 1.75 bits per heavy atom. The van der Waals surface area contributed by atoms with Crippen LogP contribution < -0.4 is 27.0 Å². The Hall–Kier alpha value is -5.90. The molecule has 2 aliphatic heterocycles. The summed E-state index contributed by atoms with van der Waals surface area (Å²) >= 11 is 1.49. The molecule has 4 amide bonds. The number of amides is 4. The van der Waals surface area contributed by atoms with Gasteiger partial charge in [0.2, 0.25) is 17.7 Å². The minimum Gasteiger partial charge on any atom is -0.381 e. The maximum atomic E-state index is 13.0. The third-order valence-corrected chi connectivity index (χ3v) is 11.4. The number of carbonyl (C=O) groups excluding carboxylic acids is 4. The topological polar surface area (TPSA) is 175 Å². The standard InChI is InChI=1S/C41H41N7O7S/c1-23-20-43-37-36-27-8-9-28(45-29(27)10-13-33(36)56-38(37)40(52)44-23)26-6-3-25(4-7-26)21-42-35(50)22-55-18-17-54-16-15-24-5-11-30-32(19-24)47(2)41(53)48(30)31-12-14-34(49)46-39(31)51/h3-11,13,19,23,31,43H,12,14-18,20-22H2,1-2H3,(H,42,50)(H,44,52)(H,46,49,51)/t23-,31?/m1/s1. The van der Waals surface area contributed by atoms with Gasteiger partial charge in [-0.05, 0) is 67.3 Å². The van der Waals surface area contributed by atoms with E-state index in [1.54, 1.807) is 7.05 Å². The van der Waals surface area contributed by atoms with E-state index >= 15 is 0 Å². The summed E-state index contributed by atoms with van der Waals surface area (Å²) in [6.45, 7) is 3.91. The Kier molecular flexibility index (Phi) is 10.4. The van der Waals surface area contributed by atoms with Gasteiger partial charge in [0, 0.05) is 53.6 Å². The molecule has 1 unspecified atom stereocenters. The number of fused-ring (bicyclic) bond motifs is 6. The van der Waals surface area contributed by atoms with E-state index in [1.165, 1.54) is 20.5 Å². The zero-order valence-electron chi connectivity index (χ0n) is 31.0. The number of thiophene rings is 1. The van der Waals surface area contributed by atoms with Gasteiger partial charge in [0.05, 0.1) is 47.8 Å². The first-order valence-corrected chi connectivity index (χ1v) is 19.4. The van der Waals surface area contributed by atoms with Crippen LogP contribution in [0.3, 0.4) is 0 Å². The van der Waals surface area contributed by atoms with Gasteiger partial charge in [-0.2, -0.15) is 0 Å². The van der Waals surface area contributed by atoms with Gasteiger partial charge in [-0.1, -0.05) is 30.3 Å². The second kappa shape index (κ2) is 15.7. The van der Waals surface area contributed by atoms with E-state index in [0.717, 1.165) is 49.1 Å². The molecule has 288 valence electrons. The molecule has 0 aliphatic carbocycles. The number of anilines is 1. The Morgan fingerprint density at radius 1 is 0.946 bits per heavy atom. The molecule has 0 saturated carbocycles. The fourth-order valence-electron chi connectivity index (χ4n) is 7.30. The van der Waals surface area contributed by atoms with Crippen molar-refractivity contribution < 1.29 is 28.7 Å². The van der Waals surface area contributed by atoms with Crippen LogP contribution >= 0.6 is 11.3 Å². The first-order valence-electron chi connectivity index (χ1n) is 18.6. The summed E-state index contributed by atoms with van der Waals surface area (Å²) < 4.78 is 15.3. The maximum absolute atomic E-state index is 13.0. The zero-order chi connectivity index (χ0) is 38.9. The molecule has 2 aliphatic rings. The van der Waals surface area contributed by atoms with Crippen molar-refractivity contribution in [3.8, 4) is 11.3 Å². The van der Waals surface area contributed by atoms with Gasteiger partial charge in [-0.25, -0.2) is 9.78 Å². The molecule has 5 heterocycles. The second-order valence-electron chi connectivity index (χ2n) is 14.2. The van der Waals surface area contributed by atoms with Crippen molar-refractivity contribution in [1.29, 1.82) is 0 Å². The predicted molar refractivity (Wildman–Crippen MR) is 214 cm³/mol. The fourth-order valence-corrected chi connectivity index (χ4v) is 8.40. The number of hydrogen-bond donors (Lipinski definition) is 4. The van der Waals surface area contributed by atoms with E-state index in [-0.39, 0.29) is 55.5 Å². The minimum atomic E-state index is -0.724. The third kappa shape index (κ3) is 7.40. The van der Waals surface area contributed by atoms with Crippen LogP contribution in [0, 0.1) is 0 Å². The normalized spacial score (nSPS) is 17.1. The number of benzene rings is 3. The van der Waals surface area contributed by atoms with E-state index in [2.05, 4.69) is 27.3 Å². The zero-order valence-corrected chi connectivity index (χ0v) is 31.8. The fraction of sp³-hybridized carbons (Fsp3) is 0.317. The van der Waals surface area contributed by atoms with Crippen molar-refractivity contribution in [2.75, 3.05) is 38.3 Å². The number of ether oxygens (including phenoxy) is 2. The number of rotatable bonds is 12. The van der Waals surface area contributed by atoms with Crippen LogP contribution in [0.4, 0.5) is 5.69 Å². The van der Waals surface area contributed by atoms with Crippen molar-refractivity contribution in [3.63, 3.8) is 0 Å². The van der Waals surface area contributed by atoms with E-state index in [1.807, 2.05) is 67.6 Å². The number of carbonyl (C=O) groups is 4. The van der Waals surface area contributed by atoms with Crippen molar-refractivity contribution >= 4 is 72.7 Å². The van der Waals surface area contributed by atoms with Gasteiger partial charge in [0.1, 0.15) is 17.5 Å². The lowest BCUT2D eigenvalue weighted by Crippen LogP contribution is -2.44. The number of imide groups is 1. The maximum Gasteiger partial charge on any atom is 0.329 e. The van der Waals surface area contributed by atoms with Gasteiger partial charge in [-0.15, -0.1) is 11.3 Å². The molecule has 14 nitrogen and oxygen atoms in total. The molecule has 2 atom stereocenters. The average Bonchev–Trinajstić information content (AvgIpc) is 3.65. The number of imidazole rings is 1. The summed E-state index contributed by atoms with van der Waals surface area (Å²) in [4.78, 5) is 67.9. The molecule has 1 saturated heterocycles. The highest BCUT2D eigenvalue weighted by Crippen LogP contribution is 2.41. The number of aromatic nitrogens is 3. The first-order chi connectivity index (χ1) is 27.1. The van der Waals surface area contributed by atoms with E-state index in [4.69, 9.17) is 14.5 Å². The SMILES string of the molecule is C[C@@H]1CNc2c(sc3ccc4nc(-c5ccc(CNC(=O)COCCOCCc6ccc7c(c6)n(C)c(=O)n7C6CCC(=O)NC6=O)cc5)ccc4c23)C(=O)N1. The van der Waals surface area contributed by atoms with Crippen LogP contribution in [-0.2, 0) is 43.9 Å². The Bertz CT molecular complexity index is 2580. The van der Waals surface area contributed by atoms with Gasteiger partial charge >= 0.3 is 5.69 Å². The molecule has 1 fully saturated rings. The van der Waals surface area contributed by atoms with Crippen molar-refractivity contribution in [1.82, 2.24) is 30.1 Å². The number of aryl methyl sites for hydroxylation is 1. The molecule has 56 heavy (non-hydrogen) atoms. The second-order valence-corrected chi connectivity index (χ2v) is 15.2. The predicted octanol–water partition coefficient (Wildman–Crippen LogP) is 4.18. The number of piperidine rings is 1. The monoisotopic (exact) mass is 775 g/mol. The summed E-state index contributed by atoms with van der Waals surface area (Å²) in [5.74, 6) is -1.07. The van der Waals surface area contributed by atoms with Crippen molar-refractivity contribution in [3.05, 3.63) is 93.2 Å². The summed E-state index contributed by atoms with van der Waals surface area (Å²) in [6, 6.07) is 20.9. The highest BCUT2D eigenvalue weighted by molar-refractivity contribution is 7.21. The van der Waals surface area contributed by atoms with Crippen LogP contribution in [0.1, 0.15) is 46.6 Å². The quantitative estimate of drug-likeness (QED) is 0.105. The van der Waals surface area contributed by atoms with E-state index in [0.29, 0.717) is 48.6 Å². The Balaban J connectivity index is 0.777. The summed E-state index contributed by atoms with van der Waals surface area (Å²) in [5, 5.41) is 13.7. The van der Waals surface area contributed by atoms with Gasteiger partial charge < -0.3 is 25.4 Å². The number of hydrogen-bond acceptors (Lipinski definition) is 10. The van der Waals surface area contributed by atoms with Crippen LogP contribution in [0.5, 0.6) is 0 Å². The molecule has 3 aromatic carbocycles. The summed E-state index contributed by atoms with van der Waals surface area (Å²) in [7, 11) is 1.66.